The van der Waals surface area contributed by atoms with E-state index in [1.54, 1.807) is 0 Å². The molecule has 0 saturated heterocycles. The van der Waals surface area contributed by atoms with Gasteiger partial charge in [-0.2, -0.15) is 0 Å². The van der Waals surface area contributed by atoms with E-state index in [1.807, 2.05) is 0 Å². The van der Waals surface area contributed by atoms with Crippen LogP contribution in [0.3, 0.4) is 0 Å². The van der Waals surface area contributed by atoms with Crippen LogP contribution in [0.15, 0.2) is 10.5 Å². The van der Waals surface area contributed by atoms with Gasteiger partial charge in [0, 0.05) is 5.92 Å². The average molecular weight is 205 g/mol. The number of aryl methyl sites for hydroxylation is 2. The minimum absolute atomic E-state index is 0.580. The van der Waals surface area contributed by atoms with Gasteiger partial charge in [-0.25, -0.2) is 0 Å². The highest BCUT2D eigenvalue weighted by Crippen LogP contribution is 2.63. The maximum Gasteiger partial charge on any atom is 0.111 e. The molecule has 2 aliphatic rings. The van der Waals surface area contributed by atoms with Gasteiger partial charge in [0.1, 0.15) is 11.5 Å². The Kier molecular flexibility index (Phi) is 1.96. The van der Waals surface area contributed by atoms with E-state index < -0.39 is 0 Å². The monoisotopic (exact) mass is 205 g/mol. The highest BCUT2D eigenvalue weighted by atomic mass is 16.3. The first kappa shape index (κ1) is 9.46. The first-order chi connectivity index (χ1) is 7.25. The number of fused-ring (bicyclic) bond motifs is 1. The van der Waals surface area contributed by atoms with Gasteiger partial charge in [0.15, 0.2) is 0 Å². The Morgan fingerprint density at radius 1 is 1.47 bits per heavy atom. The fourth-order valence-corrected chi connectivity index (χ4v) is 3.27. The molecule has 1 aromatic heterocycles. The van der Waals surface area contributed by atoms with Gasteiger partial charge in [0.2, 0.25) is 0 Å². The van der Waals surface area contributed by atoms with Crippen LogP contribution in [0.4, 0.5) is 0 Å². The molecule has 1 heterocycles. The van der Waals surface area contributed by atoms with Crippen molar-refractivity contribution in [2.75, 3.05) is 6.54 Å². The highest BCUT2D eigenvalue weighted by Gasteiger charge is 2.52. The van der Waals surface area contributed by atoms with E-state index in [4.69, 9.17) is 10.2 Å². The minimum Gasteiger partial charge on any atom is -0.466 e. The zero-order valence-corrected chi connectivity index (χ0v) is 9.38. The molecule has 2 aliphatic carbocycles. The smallest absolute Gasteiger partial charge is 0.111 e. The standard InChI is InChI=1S/C13H19NO/c1-9-8-10-2-4-13(5-6-13)11(3-7-14)12(10)15-9/h8,11H,2-7,14H2,1H3. The summed E-state index contributed by atoms with van der Waals surface area (Å²) in [6.07, 6.45) is 6.44. The van der Waals surface area contributed by atoms with E-state index >= 15 is 0 Å². The summed E-state index contributed by atoms with van der Waals surface area (Å²) in [7, 11) is 0. The van der Waals surface area contributed by atoms with E-state index in [2.05, 4.69) is 13.0 Å². The summed E-state index contributed by atoms with van der Waals surface area (Å²) < 4.78 is 5.89. The summed E-state index contributed by atoms with van der Waals surface area (Å²) in [5.74, 6) is 2.95. The minimum atomic E-state index is 0.580. The molecule has 0 radical (unpaired) electrons. The van der Waals surface area contributed by atoms with Gasteiger partial charge >= 0.3 is 0 Å². The van der Waals surface area contributed by atoms with Crippen molar-refractivity contribution in [1.29, 1.82) is 0 Å². The van der Waals surface area contributed by atoms with E-state index in [-0.39, 0.29) is 0 Å². The molecule has 1 unspecified atom stereocenters. The summed E-state index contributed by atoms with van der Waals surface area (Å²) in [6.45, 7) is 2.84. The maximum absolute atomic E-state index is 5.89. The molecule has 2 N–H and O–H groups in total. The van der Waals surface area contributed by atoms with Crippen LogP contribution in [0.25, 0.3) is 0 Å². The van der Waals surface area contributed by atoms with E-state index in [1.165, 1.54) is 37.0 Å². The lowest BCUT2D eigenvalue weighted by molar-refractivity contribution is 0.281. The zero-order valence-electron chi connectivity index (χ0n) is 9.38. The molecule has 0 aliphatic heterocycles. The quantitative estimate of drug-likeness (QED) is 0.806. The van der Waals surface area contributed by atoms with Gasteiger partial charge in [-0.1, -0.05) is 0 Å². The molecule has 1 atom stereocenters. The van der Waals surface area contributed by atoms with Gasteiger partial charge in [0.05, 0.1) is 0 Å². The number of hydrogen-bond donors (Lipinski definition) is 1. The zero-order chi connectivity index (χ0) is 10.5. The number of nitrogens with two attached hydrogens (primary N) is 1. The second-order valence-corrected chi connectivity index (χ2v) is 5.24. The van der Waals surface area contributed by atoms with Crippen LogP contribution in [0.5, 0.6) is 0 Å². The van der Waals surface area contributed by atoms with Crippen molar-refractivity contribution in [2.45, 2.75) is 44.9 Å². The Morgan fingerprint density at radius 3 is 2.93 bits per heavy atom. The Labute approximate surface area is 90.8 Å². The SMILES string of the molecule is Cc1cc2c(o1)C(CCN)C1(CC2)CC1. The lowest BCUT2D eigenvalue weighted by Gasteiger charge is -2.30. The fourth-order valence-electron chi connectivity index (χ4n) is 3.27. The molecular formula is C13H19NO. The molecule has 1 fully saturated rings. The molecule has 1 aromatic rings. The highest BCUT2D eigenvalue weighted by molar-refractivity contribution is 5.32. The first-order valence-corrected chi connectivity index (χ1v) is 6.04. The number of hydrogen-bond acceptors (Lipinski definition) is 2. The summed E-state index contributed by atoms with van der Waals surface area (Å²) in [5, 5.41) is 0. The van der Waals surface area contributed by atoms with Crippen LogP contribution < -0.4 is 5.73 Å². The molecule has 3 rings (SSSR count). The maximum atomic E-state index is 5.89. The van der Waals surface area contributed by atoms with Crippen molar-refractivity contribution in [3.63, 3.8) is 0 Å². The van der Waals surface area contributed by atoms with Crippen molar-refractivity contribution in [2.24, 2.45) is 11.1 Å². The van der Waals surface area contributed by atoms with Crippen molar-refractivity contribution in [3.8, 4) is 0 Å². The van der Waals surface area contributed by atoms with E-state index in [0.29, 0.717) is 11.3 Å². The van der Waals surface area contributed by atoms with Gasteiger partial charge in [-0.05, 0) is 62.6 Å². The molecule has 0 amide bonds. The molecule has 0 aromatic carbocycles. The third-order valence-corrected chi connectivity index (χ3v) is 4.26. The molecule has 2 nitrogen and oxygen atoms in total. The largest absolute Gasteiger partial charge is 0.466 e. The van der Waals surface area contributed by atoms with Crippen molar-refractivity contribution in [1.82, 2.24) is 0 Å². The second kappa shape index (κ2) is 3.11. The lowest BCUT2D eigenvalue weighted by Crippen LogP contribution is -2.23. The fraction of sp³-hybridized carbons (Fsp3) is 0.692. The van der Waals surface area contributed by atoms with Crippen LogP contribution in [-0.2, 0) is 6.42 Å². The predicted octanol–water partition coefficient (Wildman–Crippen LogP) is 2.75. The Hall–Kier alpha value is -0.760. The van der Waals surface area contributed by atoms with Crippen LogP contribution in [0, 0.1) is 12.3 Å². The Balaban J connectivity index is 1.99. The number of rotatable bonds is 2. The van der Waals surface area contributed by atoms with Crippen LogP contribution in [0.2, 0.25) is 0 Å². The average Bonchev–Trinajstić information content (AvgIpc) is 2.88. The molecule has 82 valence electrons. The molecule has 2 heteroatoms. The third-order valence-electron chi connectivity index (χ3n) is 4.26. The molecule has 1 spiro atoms. The van der Waals surface area contributed by atoms with Crippen molar-refractivity contribution in [3.05, 3.63) is 23.2 Å². The Bertz CT molecular complexity index is 376. The molecular weight excluding hydrogens is 186 g/mol. The molecule has 1 saturated carbocycles. The van der Waals surface area contributed by atoms with Gasteiger partial charge in [0.25, 0.3) is 0 Å². The first-order valence-electron chi connectivity index (χ1n) is 6.04. The van der Waals surface area contributed by atoms with Crippen LogP contribution in [-0.4, -0.2) is 6.54 Å². The van der Waals surface area contributed by atoms with Crippen molar-refractivity contribution < 1.29 is 4.42 Å². The van der Waals surface area contributed by atoms with Crippen molar-refractivity contribution >= 4 is 0 Å². The van der Waals surface area contributed by atoms with Crippen LogP contribution >= 0.6 is 0 Å². The lowest BCUT2D eigenvalue weighted by atomic mass is 9.74. The summed E-state index contributed by atoms with van der Waals surface area (Å²) in [4.78, 5) is 0. The van der Waals surface area contributed by atoms with Gasteiger partial charge < -0.3 is 10.2 Å². The summed E-state index contributed by atoms with van der Waals surface area (Å²) in [6, 6.07) is 2.22. The number of furan rings is 1. The summed E-state index contributed by atoms with van der Waals surface area (Å²) >= 11 is 0. The normalized spacial score (nSPS) is 26.7. The Morgan fingerprint density at radius 2 is 2.27 bits per heavy atom. The van der Waals surface area contributed by atoms with Crippen LogP contribution in [0.1, 0.15) is 48.7 Å². The van der Waals surface area contributed by atoms with Gasteiger partial charge in [-0.15, -0.1) is 0 Å². The second-order valence-electron chi connectivity index (χ2n) is 5.24. The summed E-state index contributed by atoms with van der Waals surface area (Å²) in [5.41, 5.74) is 7.76. The van der Waals surface area contributed by atoms with Gasteiger partial charge in [-0.3, -0.25) is 0 Å². The molecule has 0 bridgehead atoms. The van der Waals surface area contributed by atoms with E-state index in [0.717, 1.165) is 18.7 Å². The topological polar surface area (TPSA) is 39.2 Å². The van der Waals surface area contributed by atoms with E-state index in [9.17, 15) is 0 Å². The predicted molar refractivity (Wildman–Crippen MR) is 59.8 cm³/mol. The third kappa shape index (κ3) is 1.35. The molecule has 15 heavy (non-hydrogen) atoms.